The monoisotopic (exact) mass is 273 g/mol. The molecule has 0 spiro atoms. The maximum atomic E-state index is 13.6. The van der Waals surface area contributed by atoms with Gasteiger partial charge in [0, 0.05) is 5.69 Å². The highest BCUT2D eigenvalue weighted by molar-refractivity contribution is 5.96. The molecule has 1 atom stereocenters. The molecule has 0 aromatic heterocycles. The fraction of sp³-hybridized carbons (Fsp3) is 0.462. The molecule has 1 aromatic rings. The summed E-state index contributed by atoms with van der Waals surface area (Å²) in [5.41, 5.74) is 0.210. The van der Waals surface area contributed by atoms with Gasteiger partial charge in [0.25, 0.3) is 5.91 Å². The van der Waals surface area contributed by atoms with Gasteiger partial charge in [-0.15, -0.1) is 0 Å². The average Bonchev–Trinajstić information content (AvgIpc) is 2.38. The van der Waals surface area contributed by atoms with Crippen molar-refractivity contribution in [2.45, 2.75) is 25.9 Å². The van der Waals surface area contributed by atoms with Gasteiger partial charge in [-0.1, -0.05) is 13.8 Å². The number of rotatable bonds is 5. The van der Waals surface area contributed by atoms with E-state index in [0.717, 1.165) is 0 Å². The van der Waals surface area contributed by atoms with Crippen LogP contribution in [-0.4, -0.2) is 30.2 Å². The smallest absolute Gasteiger partial charge is 0.350 e. The van der Waals surface area contributed by atoms with E-state index >= 15 is 0 Å². The summed E-state index contributed by atoms with van der Waals surface area (Å²) in [5.74, 6) is -5.55. The maximum Gasteiger partial charge on any atom is 0.350 e. The van der Waals surface area contributed by atoms with Crippen LogP contribution in [0.25, 0.3) is 0 Å². The van der Waals surface area contributed by atoms with Crippen LogP contribution in [-0.2, 0) is 4.79 Å². The van der Waals surface area contributed by atoms with Crippen LogP contribution in [0.3, 0.4) is 0 Å². The predicted molar refractivity (Wildman–Crippen MR) is 67.4 cm³/mol. The molecular formula is C13H17F2NO3. The first kappa shape index (κ1) is 15.4. The van der Waals surface area contributed by atoms with E-state index in [1.807, 2.05) is 0 Å². The van der Waals surface area contributed by atoms with Crippen molar-refractivity contribution in [1.29, 1.82) is 0 Å². The lowest BCUT2D eigenvalue weighted by atomic mass is 10.0. The van der Waals surface area contributed by atoms with E-state index in [4.69, 9.17) is 4.74 Å². The Labute approximate surface area is 110 Å². The highest BCUT2D eigenvalue weighted by Gasteiger charge is 2.47. The number of hydrogen-bond donors (Lipinski definition) is 2. The molecule has 0 radical (unpaired) electrons. The van der Waals surface area contributed by atoms with Crippen molar-refractivity contribution < 1.29 is 23.4 Å². The quantitative estimate of drug-likeness (QED) is 0.865. The van der Waals surface area contributed by atoms with Crippen molar-refractivity contribution >= 4 is 11.6 Å². The van der Waals surface area contributed by atoms with E-state index in [2.05, 4.69) is 5.32 Å². The number of amides is 1. The van der Waals surface area contributed by atoms with Crippen LogP contribution in [0.2, 0.25) is 0 Å². The zero-order valence-corrected chi connectivity index (χ0v) is 11.0. The number of alkyl halides is 2. The van der Waals surface area contributed by atoms with Crippen LogP contribution < -0.4 is 10.1 Å². The molecule has 0 saturated carbocycles. The molecule has 0 bridgehead atoms. The summed E-state index contributed by atoms with van der Waals surface area (Å²) in [6.45, 7) is 2.83. The zero-order chi connectivity index (χ0) is 14.6. The minimum Gasteiger partial charge on any atom is -0.497 e. The SMILES string of the molecule is COc1ccc(NC(=O)C(F)(F)C(O)C(C)C)cc1. The number of carbonyl (C=O) groups excluding carboxylic acids is 1. The van der Waals surface area contributed by atoms with E-state index in [9.17, 15) is 18.7 Å². The summed E-state index contributed by atoms with van der Waals surface area (Å²) < 4.78 is 32.1. The number of halogens is 2. The Morgan fingerprint density at radius 2 is 1.84 bits per heavy atom. The Hall–Kier alpha value is -1.69. The van der Waals surface area contributed by atoms with Crippen LogP contribution in [0.4, 0.5) is 14.5 Å². The lowest BCUT2D eigenvalue weighted by Crippen LogP contribution is -2.47. The number of aliphatic hydroxyl groups excluding tert-OH is 1. The zero-order valence-electron chi connectivity index (χ0n) is 11.0. The summed E-state index contributed by atoms with van der Waals surface area (Å²) in [6.07, 6.45) is -2.02. The van der Waals surface area contributed by atoms with Crippen LogP contribution in [0.5, 0.6) is 5.75 Å². The van der Waals surface area contributed by atoms with Gasteiger partial charge in [-0.3, -0.25) is 4.79 Å². The van der Waals surface area contributed by atoms with Crippen molar-refractivity contribution in [2.75, 3.05) is 12.4 Å². The van der Waals surface area contributed by atoms with Gasteiger partial charge in [-0.2, -0.15) is 8.78 Å². The number of ether oxygens (including phenoxy) is 1. The molecule has 0 aliphatic heterocycles. The molecule has 0 aliphatic rings. The number of anilines is 1. The van der Waals surface area contributed by atoms with Crippen molar-refractivity contribution in [1.82, 2.24) is 0 Å². The predicted octanol–water partition coefficient (Wildman–Crippen LogP) is 2.29. The Morgan fingerprint density at radius 1 is 1.32 bits per heavy atom. The van der Waals surface area contributed by atoms with E-state index < -0.39 is 23.9 Å². The fourth-order valence-corrected chi connectivity index (χ4v) is 1.44. The fourth-order valence-electron chi connectivity index (χ4n) is 1.44. The summed E-state index contributed by atoms with van der Waals surface area (Å²) in [4.78, 5) is 11.5. The van der Waals surface area contributed by atoms with Crippen molar-refractivity contribution in [3.63, 3.8) is 0 Å². The standard InChI is InChI=1S/C13H17F2NO3/c1-8(2)11(17)13(14,15)12(18)16-9-4-6-10(19-3)7-5-9/h4-8,11,17H,1-3H3,(H,16,18). The average molecular weight is 273 g/mol. The molecule has 4 nitrogen and oxygen atoms in total. The summed E-state index contributed by atoms with van der Waals surface area (Å²) in [7, 11) is 1.47. The van der Waals surface area contributed by atoms with Gasteiger partial charge in [-0.05, 0) is 30.2 Å². The minimum atomic E-state index is -3.84. The van der Waals surface area contributed by atoms with Gasteiger partial charge in [0.1, 0.15) is 11.9 Å². The Balaban J connectivity index is 2.77. The second-order valence-corrected chi connectivity index (χ2v) is 4.49. The van der Waals surface area contributed by atoms with Gasteiger partial charge in [0.2, 0.25) is 0 Å². The molecule has 6 heteroatoms. The summed E-state index contributed by atoms with van der Waals surface area (Å²) in [6, 6.07) is 5.95. The molecule has 19 heavy (non-hydrogen) atoms. The third kappa shape index (κ3) is 3.64. The maximum absolute atomic E-state index is 13.6. The van der Waals surface area contributed by atoms with Gasteiger partial charge < -0.3 is 15.2 Å². The molecule has 0 aliphatic carbocycles. The van der Waals surface area contributed by atoms with E-state index in [1.165, 1.54) is 45.2 Å². The summed E-state index contributed by atoms with van der Waals surface area (Å²) in [5, 5.41) is 11.4. The van der Waals surface area contributed by atoms with E-state index in [0.29, 0.717) is 5.75 Å². The molecule has 1 amide bonds. The topological polar surface area (TPSA) is 58.6 Å². The second-order valence-electron chi connectivity index (χ2n) is 4.49. The number of carbonyl (C=O) groups is 1. The highest BCUT2D eigenvalue weighted by atomic mass is 19.3. The van der Waals surface area contributed by atoms with Crippen molar-refractivity contribution in [3.05, 3.63) is 24.3 Å². The third-order valence-corrected chi connectivity index (χ3v) is 2.65. The van der Waals surface area contributed by atoms with E-state index in [-0.39, 0.29) is 5.69 Å². The number of nitrogens with one attached hydrogen (secondary N) is 1. The Kier molecular flexibility index (Phi) is 4.83. The van der Waals surface area contributed by atoms with Gasteiger partial charge >= 0.3 is 5.92 Å². The van der Waals surface area contributed by atoms with Crippen LogP contribution in [0, 0.1) is 5.92 Å². The molecule has 1 unspecified atom stereocenters. The minimum absolute atomic E-state index is 0.210. The molecule has 1 aromatic carbocycles. The molecule has 1 rings (SSSR count). The largest absolute Gasteiger partial charge is 0.497 e. The highest BCUT2D eigenvalue weighted by Crippen LogP contribution is 2.26. The van der Waals surface area contributed by atoms with Gasteiger partial charge in [0.15, 0.2) is 0 Å². The lowest BCUT2D eigenvalue weighted by molar-refractivity contribution is -0.162. The molecule has 0 fully saturated rings. The third-order valence-electron chi connectivity index (χ3n) is 2.65. The first-order chi connectivity index (χ1) is 8.78. The molecule has 2 N–H and O–H groups in total. The Morgan fingerprint density at radius 3 is 2.26 bits per heavy atom. The molecule has 106 valence electrons. The second kappa shape index (κ2) is 5.97. The lowest BCUT2D eigenvalue weighted by Gasteiger charge is -2.24. The first-order valence-corrected chi connectivity index (χ1v) is 5.80. The van der Waals surface area contributed by atoms with Crippen molar-refractivity contribution in [2.24, 2.45) is 5.92 Å². The summed E-state index contributed by atoms with van der Waals surface area (Å²) >= 11 is 0. The van der Waals surface area contributed by atoms with Gasteiger partial charge in [0.05, 0.1) is 7.11 Å². The van der Waals surface area contributed by atoms with Crippen LogP contribution >= 0.6 is 0 Å². The molecule has 0 saturated heterocycles. The van der Waals surface area contributed by atoms with Crippen LogP contribution in [0.1, 0.15) is 13.8 Å². The number of benzene rings is 1. The number of methoxy groups -OCH3 is 1. The van der Waals surface area contributed by atoms with Crippen molar-refractivity contribution in [3.8, 4) is 5.75 Å². The molecule has 0 heterocycles. The number of hydrogen-bond acceptors (Lipinski definition) is 3. The van der Waals surface area contributed by atoms with E-state index in [1.54, 1.807) is 0 Å². The Bertz CT molecular complexity index is 432. The van der Waals surface area contributed by atoms with Gasteiger partial charge in [-0.25, -0.2) is 0 Å². The normalized spacial score (nSPS) is 13.2. The first-order valence-electron chi connectivity index (χ1n) is 5.80. The number of aliphatic hydroxyl groups is 1. The van der Waals surface area contributed by atoms with Crippen LogP contribution in [0.15, 0.2) is 24.3 Å². The molecular weight excluding hydrogens is 256 g/mol.